The van der Waals surface area contributed by atoms with E-state index in [1.807, 2.05) is 31.1 Å². The number of nitrogens with one attached hydrogen (secondary N) is 1. The first-order valence-electron chi connectivity index (χ1n) is 9.86. The molecular formula is C22H29N3O3S. The molecule has 7 heteroatoms. The second-order valence-electron chi connectivity index (χ2n) is 8.19. The van der Waals surface area contributed by atoms with Crippen molar-refractivity contribution in [2.45, 2.75) is 25.2 Å². The minimum atomic E-state index is -3.52. The normalized spacial score (nSPS) is 20.3. The smallest absolute Gasteiger partial charge is 0.255 e. The SMILES string of the molecule is C[C@@H]1C[C@@H](C)CN(S(=O)(=O)c2ccc(NC(=O)c3ccc(N(C)C)cc3)cc2)C1. The fourth-order valence-corrected chi connectivity index (χ4v) is 5.46. The zero-order chi connectivity index (χ0) is 21.2. The molecule has 0 aliphatic carbocycles. The topological polar surface area (TPSA) is 69.7 Å². The standard InChI is InChI=1S/C22H29N3O3S/c1-16-13-17(2)15-25(14-16)29(27,28)21-11-7-19(8-12-21)23-22(26)18-5-9-20(10-6-18)24(3)4/h5-12,16-17H,13-15H2,1-4H3,(H,23,26)/t16-,17-/m1/s1. The van der Waals surface area contributed by atoms with E-state index in [0.717, 1.165) is 12.1 Å². The van der Waals surface area contributed by atoms with Gasteiger partial charge in [0.15, 0.2) is 0 Å². The molecule has 0 radical (unpaired) electrons. The Morgan fingerprint density at radius 2 is 1.52 bits per heavy atom. The van der Waals surface area contributed by atoms with Crippen LogP contribution in [-0.2, 0) is 10.0 Å². The van der Waals surface area contributed by atoms with Crippen molar-refractivity contribution in [3.8, 4) is 0 Å². The summed E-state index contributed by atoms with van der Waals surface area (Å²) in [5.41, 5.74) is 2.12. The number of rotatable bonds is 5. The zero-order valence-electron chi connectivity index (χ0n) is 17.4. The van der Waals surface area contributed by atoms with E-state index in [4.69, 9.17) is 0 Å². The van der Waals surface area contributed by atoms with Crippen molar-refractivity contribution in [3.63, 3.8) is 0 Å². The van der Waals surface area contributed by atoms with Crippen molar-refractivity contribution in [1.82, 2.24) is 4.31 Å². The molecule has 2 atom stereocenters. The number of hydrogen-bond acceptors (Lipinski definition) is 4. The van der Waals surface area contributed by atoms with Gasteiger partial charge in [-0.05, 0) is 66.8 Å². The highest BCUT2D eigenvalue weighted by Crippen LogP contribution is 2.27. The summed E-state index contributed by atoms with van der Waals surface area (Å²) in [6, 6.07) is 13.7. The van der Waals surface area contributed by atoms with Crippen LogP contribution in [0, 0.1) is 11.8 Å². The molecule has 0 bridgehead atoms. The molecule has 1 N–H and O–H groups in total. The van der Waals surface area contributed by atoms with Crippen molar-refractivity contribution in [2.75, 3.05) is 37.4 Å². The number of carbonyl (C=O) groups is 1. The van der Waals surface area contributed by atoms with Crippen molar-refractivity contribution >= 4 is 27.3 Å². The van der Waals surface area contributed by atoms with Gasteiger partial charge in [-0.3, -0.25) is 4.79 Å². The summed E-state index contributed by atoms with van der Waals surface area (Å²) in [6.07, 6.45) is 1.05. The second kappa shape index (κ2) is 8.55. The molecule has 1 aliphatic rings. The molecule has 2 aromatic carbocycles. The number of hydrogen-bond donors (Lipinski definition) is 1. The zero-order valence-corrected chi connectivity index (χ0v) is 18.2. The Balaban J connectivity index is 1.70. The molecule has 1 aliphatic heterocycles. The summed E-state index contributed by atoms with van der Waals surface area (Å²) in [4.78, 5) is 14.7. The van der Waals surface area contributed by atoms with E-state index in [9.17, 15) is 13.2 Å². The maximum absolute atomic E-state index is 13.0. The van der Waals surface area contributed by atoms with Gasteiger partial charge in [0.05, 0.1) is 4.90 Å². The van der Waals surface area contributed by atoms with E-state index in [2.05, 4.69) is 19.2 Å². The van der Waals surface area contributed by atoms with Gasteiger partial charge < -0.3 is 10.2 Å². The molecule has 29 heavy (non-hydrogen) atoms. The maximum atomic E-state index is 13.0. The molecule has 1 fully saturated rings. The van der Waals surface area contributed by atoms with Crippen molar-refractivity contribution in [1.29, 1.82) is 0 Å². The Bertz CT molecular complexity index is 944. The van der Waals surface area contributed by atoms with Crippen LogP contribution in [0.25, 0.3) is 0 Å². The first kappa shape index (κ1) is 21.3. The second-order valence-corrected chi connectivity index (χ2v) is 10.1. The number of benzene rings is 2. The summed E-state index contributed by atoms with van der Waals surface area (Å²) in [5, 5.41) is 2.82. The molecule has 156 valence electrons. The molecule has 1 saturated heterocycles. The largest absolute Gasteiger partial charge is 0.378 e. The highest BCUT2D eigenvalue weighted by atomic mass is 32.2. The third-order valence-corrected chi connectivity index (χ3v) is 7.08. The van der Waals surface area contributed by atoms with E-state index in [1.54, 1.807) is 40.7 Å². The van der Waals surface area contributed by atoms with Crippen LogP contribution in [0.15, 0.2) is 53.4 Å². The molecule has 0 aromatic heterocycles. The summed E-state index contributed by atoms with van der Waals surface area (Å²) in [6.45, 7) is 5.27. The Morgan fingerprint density at radius 1 is 0.966 bits per heavy atom. The monoisotopic (exact) mass is 415 g/mol. The lowest BCUT2D eigenvalue weighted by Gasteiger charge is -2.34. The molecule has 0 saturated carbocycles. The summed E-state index contributed by atoms with van der Waals surface area (Å²) in [7, 11) is 0.359. The number of anilines is 2. The number of piperidine rings is 1. The third kappa shape index (κ3) is 4.97. The minimum Gasteiger partial charge on any atom is -0.378 e. The molecule has 1 amide bonds. The van der Waals surface area contributed by atoms with Crippen LogP contribution in [0.1, 0.15) is 30.6 Å². The van der Waals surface area contributed by atoms with Gasteiger partial charge in [0.1, 0.15) is 0 Å². The summed E-state index contributed by atoms with van der Waals surface area (Å²) < 4.78 is 27.5. The first-order chi connectivity index (χ1) is 13.7. The highest BCUT2D eigenvalue weighted by Gasteiger charge is 2.31. The van der Waals surface area contributed by atoms with Crippen molar-refractivity contribution < 1.29 is 13.2 Å². The fourth-order valence-electron chi connectivity index (χ4n) is 3.78. The summed E-state index contributed by atoms with van der Waals surface area (Å²) >= 11 is 0. The lowest BCUT2D eigenvalue weighted by molar-refractivity contribution is 0.102. The van der Waals surface area contributed by atoms with Gasteiger partial charge in [0.2, 0.25) is 10.0 Å². The predicted molar refractivity (Wildman–Crippen MR) is 117 cm³/mol. The predicted octanol–water partition coefficient (Wildman–Crippen LogP) is 3.67. The van der Waals surface area contributed by atoms with Crippen LogP contribution in [0.3, 0.4) is 0 Å². The van der Waals surface area contributed by atoms with Gasteiger partial charge in [-0.25, -0.2) is 8.42 Å². The molecule has 1 heterocycles. The Labute approximate surface area is 173 Å². The van der Waals surface area contributed by atoms with E-state index >= 15 is 0 Å². The van der Waals surface area contributed by atoms with Gasteiger partial charge in [-0.1, -0.05) is 13.8 Å². The van der Waals surface area contributed by atoms with E-state index in [-0.39, 0.29) is 10.8 Å². The van der Waals surface area contributed by atoms with Crippen molar-refractivity contribution in [3.05, 3.63) is 54.1 Å². The lowest BCUT2D eigenvalue weighted by Crippen LogP contribution is -2.42. The van der Waals surface area contributed by atoms with E-state index in [0.29, 0.717) is 36.2 Å². The number of sulfonamides is 1. The van der Waals surface area contributed by atoms with Gasteiger partial charge in [-0.15, -0.1) is 0 Å². The Morgan fingerprint density at radius 3 is 2.03 bits per heavy atom. The van der Waals surface area contributed by atoms with Gasteiger partial charge >= 0.3 is 0 Å². The number of amides is 1. The molecular weight excluding hydrogens is 386 g/mol. The van der Waals surface area contributed by atoms with E-state index in [1.165, 1.54) is 0 Å². The lowest BCUT2D eigenvalue weighted by atomic mass is 9.94. The van der Waals surface area contributed by atoms with Gasteiger partial charge in [-0.2, -0.15) is 4.31 Å². The fraction of sp³-hybridized carbons (Fsp3) is 0.409. The third-order valence-electron chi connectivity index (χ3n) is 5.23. The van der Waals surface area contributed by atoms with Crippen LogP contribution in [0.5, 0.6) is 0 Å². The average molecular weight is 416 g/mol. The highest BCUT2D eigenvalue weighted by molar-refractivity contribution is 7.89. The average Bonchev–Trinajstić information content (AvgIpc) is 2.67. The maximum Gasteiger partial charge on any atom is 0.255 e. The Hall–Kier alpha value is -2.38. The molecule has 0 unspecified atom stereocenters. The Kier molecular flexibility index (Phi) is 6.29. The molecule has 0 spiro atoms. The van der Waals surface area contributed by atoms with Gasteiger partial charge in [0, 0.05) is 44.1 Å². The van der Waals surface area contributed by atoms with Gasteiger partial charge in [0.25, 0.3) is 5.91 Å². The van der Waals surface area contributed by atoms with Crippen LogP contribution in [0.4, 0.5) is 11.4 Å². The first-order valence-corrected chi connectivity index (χ1v) is 11.3. The summed E-state index contributed by atoms with van der Waals surface area (Å²) in [5.74, 6) is 0.474. The van der Waals surface area contributed by atoms with Crippen LogP contribution in [-0.4, -0.2) is 45.8 Å². The minimum absolute atomic E-state index is 0.232. The van der Waals surface area contributed by atoms with Crippen LogP contribution >= 0.6 is 0 Å². The quantitative estimate of drug-likeness (QED) is 0.809. The number of nitrogens with zero attached hydrogens (tertiary/aromatic N) is 2. The number of carbonyl (C=O) groups excluding carboxylic acids is 1. The van der Waals surface area contributed by atoms with Crippen molar-refractivity contribution in [2.24, 2.45) is 11.8 Å². The van der Waals surface area contributed by atoms with E-state index < -0.39 is 10.0 Å². The van der Waals surface area contributed by atoms with Crippen LogP contribution in [0.2, 0.25) is 0 Å². The van der Waals surface area contributed by atoms with Crippen LogP contribution < -0.4 is 10.2 Å². The molecule has 2 aromatic rings. The molecule has 6 nitrogen and oxygen atoms in total. The molecule has 3 rings (SSSR count).